The molecule has 34 heavy (non-hydrogen) atoms. The van der Waals surface area contributed by atoms with Crippen LogP contribution in [0.2, 0.25) is 0 Å². The Balaban J connectivity index is 1.71. The molecule has 0 saturated carbocycles. The van der Waals surface area contributed by atoms with E-state index in [2.05, 4.69) is 96.9 Å². The lowest BCUT2D eigenvalue weighted by molar-refractivity contribution is 0.161. The van der Waals surface area contributed by atoms with Crippen LogP contribution in [0.15, 0.2) is 72.8 Å². The van der Waals surface area contributed by atoms with Crippen LogP contribution < -0.4 is 10.2 Å². The van der Waals surface area contributed by atoms with Gasteiger partial charge in [0.2, 0.25) is 0 Å². The van der Waals surface area contributed by atoms with Gasteiger partial charge in [0.05, 0.1) is 6.61 Å². The normalized spacial score (nSPS) is 23.2. The van der Waals surface area contributed by atoms with Crippen LogP contribution in [0.5, 0.6) is 0 Å². The van der Waals surface area contributed by atoms with Crippen LogP contribution in [0.1, 0.15) is 62.3 Å². The molecule has 0 bridgehead atoms. The number of carbonyl (C=O) groups is 1. The van der Waals surface area contributed by atoms with Crippen LogP contribution in [-0.4, -0.2) is 25.8 Å². The van der Waals surface area contributed by atoms with Crippen molar-refractivity contribution in [3.63, 3.8) is 0 Å². The summed E-state index contributed by atoms with van der Waals surface area (Å²) in [5.74, 6) is 0. The van der Waals surface area contributed by atoms with Crippen molar-refractivity contribution in [3.8, 4) is 0 Å². The molecule has 0 aromatic heterocycles. The van der Waals surface area contributed by atoms with Crippen molar-refractivity contribution in [2.24, 2.45) is 0 Å². The molecule has 1 amide bonds. The Bertz CT molecular complexity index is 1100. The Labute approximate surface area is 202 Å². The highest BCUT2D eigenvalue weighted by atomic mass is 16.5. The lowest BCUT2D eigenvalue weighted by Crippen LogP contribution is -2.47. The predicted molar refractivity (Wildman–Crippen MR) is 139 cm³/mol. The van der Waals surface area contributed by atoms with E-state index in [1.165, 1.54) is 27.9 Å². The third kappa shape index (κ3) is 3.75. The summed E-state index contributed by atoms with van der Waals surface area (Å²) in [6, 6.07) is 25.9. The first-order valence-corrected chi connectivity index (χ1v) is 12.4. The maximum absolute atomic E-state index is 12.5. The Morgan fingerprint density at radius 2 is 1.38 bits per heavy atom. The highest BCUT2D eigenvalue weighted by Crippen LogP contribution is 2.54. The fraction of sp³-hybridized carbons (Fsp3) is 0.367. The quantitative estimate of drug-likeness (QED) is 0.457. The third-order valence-corrected chi connectivity index (χ3v) is 7.88. The second-order valence-electron chi connectivity index (χ2n) is 10.1. The maximum Gasteiger partial charge on any atom is 0.411 e. The molecule has 4 nitrogen and oxygen atoms in total. The van der Waals surface area contributed by atoms with Gasteiger partial charge in [-0.25, -0.2) is 4.79 Å². The molecule has 2 aliphatic heterocycles. The van der Waals surface area contributed by atoms with Crippen molar-refractivity contribution >= 4 is 17.5 Å². The molecule has 176 valence electrons. The summed E-state index contributed by atoms with van der Waals surface area (Å²) in [5.41, 5.74) is 7.07. The molecule has 0 saturated heterocycles. The van der Waals surface area contributed by atoms with E-state index in [0.717, 1.165) is 38.0 Å². The van der Waals surface area contributed by atoms with Crippen molar-refractivity contribution in [2.75, 3.05) is 29.9 Å². The van der Waals surface area contributed by atoms with Gasteiger partial charge in [0, 0.05) is 35.3 Å². The number of nitrogens with zero attached hydrogens (tertiary/aromatic N) is 1. The van der Waals surface area contributed by atoms with Crippen LogP contribution in [-0.2, 0) is 15.6 Å². The lowest BCUT2D eigenvalue weighted by Gasteiger charge is -2.50. The van der Waals surface area contributed by atoms with E-state index in [1.54, 1.807) is 0 Å². The predicted octanol–water partition coefficient (Wildman–Crippen LogP) is 6.87. The number of anilines is 2. The van der Waals surface area contributed by atoms with Crippen molar-refractivity contribution in [2.45, 2.75) is 50.9 Å². The first-order valence-electron chi connectivity index (χ1n) is 12.4. The molecule has 0 aliphatic carbocycles. The number of hydrogen-bond donors (Lipinski definition) is 1. The van der Waals surface area contributed by atoms with E-state index in [9.17, 15) is 4.79 Å². The maximum atomic E-state index is 12.5. The topological polar surface area (TPSA) is 41.6 Å². The molecule has 4 heteroatoms. The van der Waals surface area contributed by atoms with Gasteiger partial charge >= 0.3 is 6.09 Å². The Morgan fingerprint density at radius 1 is 0.882 bits per heavy atom. The van der Waals surface area contributed by atoms with Gasteiger partial charge in [-0.1, -0.05) is 81.4 Å². The summed E-state index contributed by atoms with van der Waals surface area (Å²) in [7, 11) is 0. The van der Waals surface area contributed by atoms with Crippen molar-refractivity contribution in [1.29, 1.82) is 0 Å². The van der Waals surface area contributed by atoms with Crippen molar-refractivity contribution < 1.29 is 9.53 Å². The van der Waals surface area contributed by atoms with E-state index in [-0.39, 0.29) is 16.9 Å². The van der Waals surface area contributed by atoms with Gasteiger partial charge in [0.1, 0.15) is 0 Å². The smallest absolute Gasteiger partial charge is 0.411 e. The Hall–Kier alpha value is -3.27. The number of amides is 1. The van der Waals surface area contributed by atoms with Crippen molar-refractivity contribution in [3.05, 3.63) is 95.1 Å². The van der Waals surface area contributed by atoms with E-state index in [0.29, 0.717) is 6.61 Å². The summed E-state index contributed by atoms with van der Waals surface area (Å²) >= 11 is 0. The molecule has 0 fully saturated rings. The molecule has 0 radical (unpaired) electrons. The minimum Gasteiger partial charge on any atom is -0.449 e. The van der Waals surface area contributed by atoms with Gasteiger partial charge in [0.15, 0.2) is 0 Å². The molecule has 1 N–H and O–H groups in total. The lowest BCUT2D eigenvalue weighted by atomic mass is 9.64. The summed E-state index contributed by atoms with van der Waals surface area (Å²) in [6.07, 6.45) is 2.49. The second-order valence-corrected chi connectivity index (χ2v) is 10.1. The largest absolute Gasteiger partial charge is 0.449 e. The fourth-order valence-corrected chi connectivity index (χ4v) is 5.77. The summed E-state index contributed by atoms with van der Waals surface area (Å²) in [5, 5.41) is 3.04. The fourth-order valence-electron chi connectivity index (χ4n) is 5.77. The number of nitrogens with one attached hydrogen (secondary N) is 1. The monoisotopic (exact) mass is 454 g/mol. The number of hydrogen-bond acceptors (Lipinski definition) is 3. The van der Waals surface area contributed by atoms with Gasteiger partial charge in [0.25, 0.3) is 0 Å². The standard InChI is InChI=1S/C30H34N2O2/c1-4-19-34-28(33)31-24-20-25-27-26(21-24)30(3,23-13-9-6-10-14-23)16-18-32(27)17-15-29(25,2)22-11-7-5-8-12-22/h5-14,20-21H,4,15-19H2,1-3H3,(H,31,33)/t29-,30-/m0/s1. The first-order chi connectivity index (χ1) is 16.5. The molecule has 2 aliphatic rings. The first kappa shape index (κ1) is 22.5. The van der Waals surface area contributed by atoms with Crippen LogP contribution in [0, 0.1) is 0 Å². The SMILES string of the molecule is CCCOC(=O)Nc1cc2c3c(c1)[C@](C)(c1ccccc1)CCN3CC[C@@]2(C)c1ccccc1. The van der Waals surface area contributed by atoms with E-state index in [1.807, 2.05) is 6.92 Å². The number of benzene rings is 3. The van der Waals surface area contributed by atoms with E-state index < -0.39 is 0 Å². The number of carbonyl (C=O) groups excluding carboxylic acids is 1. The summed E-state index contributed by atoms with van der Waals surface area (Å²) < 4.78 is 5.36. The van der Waals surface area contributed by atoms with Crippen LogP contribution >= 0.6 is 0 Å². The molecule has 2 atom stereocenters. The molecular formula is C30H34N2O2. The van der Waals surface area contributed by atoms with E-state index in [4.69, 9.17) is 4.74 Å². The van der Waals surface area contributed by atoms with Crippen LogP contribution in [0.4, 0.5) is 16.2 Å². The molecule has 5 rings (SSSR count). The zero-order valence-electron chi connectivity index (χ0n) is 20.4. The van der Waals surface area contributed by atoms with Gasteiger partial charge in [-0.05, 0) is 53.6 Å². The van der Waals surface area contributed by atoms with Gasteiger partial charge < -0.3 is 9.64 Å². The second kappa shape index (κ2) is 8.83. The molecule has 0 unspecified atom stereocenters. The third-order valence-electron chi connectivity index (χ3n) is 7.88. The zero-order valence-corrected chi connectivity index (χ0v) is 20.4. The summed E-state index contributed by atoms with van der Waals surface area (Å²) in [4.78, 5) is 15.1. The van der Waals surface area contributed by atoms with E-state index >= 15 is 0 Å². The molecular weight excluding hydrogens is 420 g/mol. The summed E-state index contributed by atoms with van der Waals surface area (Å²) in [6.45, 7) is 9.18. The minimum atomic E-state index is -0.389. The molecule has 0 spiro atoms. The molecule has 3 aromatic carbocycles. The molecule has 3 aromatic rings. The van der Waals surface area contributed by atoms with Crippen LogP contribution in [0.25, 0.3) is 0 Å². The van der Waals surface area contributed by atoms with Crippen molar-refractivity contribution in [1.82, 2.24) is 0 Å². The average molecular weight is 455 g/mol. The van der Waals surface area contributed by atoms with Gasteiger partial charge in [-0.15, -0.1) is 0 Å². The Morgan fingerprint density at radius 3 is 1.85 bits per heavy atom. The number of ether oxygens (including phenoxy) is 1. The van der Waals surface area contributed by atoms with Gasteiger partial charge in [-0.3, -0.25) is 5.32 Å². The molecule has 2 heterocycles. The van der Waals surface area contributed by atoms with Crippen LogP contribution in [0.3, 0.4) is 0 Å². The minimum absolute atomic E-state index is 0.137. The van der Waals surface area contributed by atoms with Gasteiger partial charge in [-0.2, -0.15) is 0 Å². The highest BCUT2D eigenvalue weighted by molar-refractivity contribution is 5.87. The zero-order chi connectivity index (χ0) is 23.8. The Kier molecular flexibility index (Phi) is 5.85. The average Bonchev–Trinajstić information content (AvgIpc) is 2.87. The number of rotatable bonds is 5. The highest BCUT2D eigenvalue weighted by Gasteiger charge is 2.45.